The number of aryl methyl sites for hydroxylation is 2. The molecule has 0 saturated carbocycles. The van der Waals surface area contributed by atoms with Crippen LogP contribution in [-0.2, 0) is 20.1 Å². The van der Waals surface area contributed by atoms with Crippen molar-refractivity contribution < 1.29 is 0 Å². The van der Waals surface area contributed by atoms with Gasteiger partial charge < -0.3 is 19.4 Å². The van der Waals surface area contributed by atoms with Crippen LogP contribution in [0, 0.1) is 6.92 Å². The Bertz CT molecular complexity index is 601. The first kappa shape index (κ1) is 18.5. The first-order chi connectivity index (χ1) is 10.1. The highest BCUT2D eigenvalue weighted by molar-refractivity contribution is 14.0. The lowest BCUT2D eigenvalue weighted by Crippen LogP contribution is -2.40. The first-order valence-corrected chi connectivity index (χ1v) is 7.11. The Morgan fingerprint density at radius 3 is 2.73 bits per heavy atom. The zero-order valence-corrected chi connectivity index (χ0v) is 16.0. The molecule has 1 N–H and O–H groups in total. The molecule has 7 heteroatoms. The van der Waals surface area contributed by atoms with Crippen molar-refractivity contribution >= 4 is 29.9 Å². The summed E-state index contributed by atoms with van der Waals surface area (Å²) >= 11 is 0. The number of rotatable bonds is 5. The summed E-state index contributed by atoms with van der Waals surface area (Å²) in [6.07, 6.45) is 5.88. The smallest absolute Gasteiger partial charge is 0.193 e. The third-order valence-corrected chi connectivity index (χ3v) is 3.58. The summed E-state index contributed by atoms with van der Waals surface area (Å²) in [4.78, 5) is 10.7. The summed E-state index contributed by atoms with van der Waals surface area (Å²) in [6, 6.07) is 4.18. The Labute approximate surface area is 149 Å². The van der Waals surface area contributed by atoms with E-state index in [1.54, 1.807) is 0 Å². The minimum atomic E-state index is 0. The fourth-order valence-electron chi connectivity index (χ4n) is 2.29. The molecular formula is C15H25IN6. The second-order valence-electron chi connectivity index (χ2n) is 5.11. The lowest BCUT2D eigenvalue weighted by Gasteiger charge is -2.22. The molecule has 2 heterocycles. The molecule has 0 saturated heterocycles. The van der Waals surface area contributed by atoms with Crippen LogP contribution in [0.1, 0.15) is 11.5 Å². The fraction of sp³-hybridized carbons (Fsp3) is 0.467. The number of nitrogens with one attached hydrogen (secondary N) is 1. The van der Waals surface area contributed by atoms with E-state index in [2.05, 4.69) is 54.7 Å². The Hall–Kier alpha value is -1.51. The Balaban J connectivity index is 0.00000242. The summed E-state index contributed by atoms with van der Waals surface area (Å²) < 4.78 is 4.25. The molecule has 0 aromatic carbocycles. The molecule has 2 aromatic rings. The third kappa shape index (κ3) is 4.75. The van der Waals surface area contributed by atoms with Crippen molar-refractivity contribution in [2.45, 2.75) is 20.0 Å². The number of aliphatic imine (C=N–C) groups is 1. The number of aromatic nitrogens is 3. The topological polar surface area (TPSA) is 50.4 Å². The average molecular weight is 416 g/mol. The zero-order chi connectivity index (χ0) is 15.2. The first-order valence-electron chi connectivity index (χ1n) is 7.11. The molecule has 0 bridgehead atoms. The van der Waals surface area contributed by atoms with Crippen LogP contribution < -0.4 is 5.32 Å². The molecule has 6 nitrogen and oxygen atoms in total. The average Bonchev–Trinajstić information content (AvgIpc) is 3.04. The van der Waals surface area contributed by atoms with Gasteiger partial charge in [0, 0.05) is 58.5 Å². The molecule has 0 aliphatic carbocycles. The molecule has 0 atom stereocenters. The van der Waals surface area contributed by atoms with Gasteiger partial charge in [-0.1, -0.05) is 0 Å². The van der Waals surface area contributed by atoms with Crippen LogP contribution in [0.4, 0.5) is 0 Å². The van der Waals surface area contributed by atoms with Gasteiger partial charge in [0.2, 0.25) is 0 Å². The maximum Gasteiger partial charge on any atom is 0.193 e. The Morgan fingerprint density at radius 2 is 2.18 bits per heavy atom. The van der Waals surface area contributed by atoms with E-state index in [1.807, 2.05) is 33.4 Å². The van der Waals surface area contributed by atoms with Crippen molar-refractivity contribution in [1.82, 2.24) is 24.3 Å². The maximum atomic E-state index is 4.34. The second-order valence-corrected chi connectivity index (χ2v) is 5.11. The molecular weight excluding hydrogens is 391 g/mol. The molecule has 0 amide bonds. The predicted molar refractivity (Wildman–Crippen MR) is 101 cm³/mol. The standard InChI is InChI=1S/C15H24N6.HI/c1-13-17-7-10-21(13)11-8-18-15(16-2)20(4)12-14-6-5-9-19(14)3;/h5-7,9-10H,8,11-12H2,1-4H3,(H,16,18);1H. The molecule has 122 valence electrons. The largest absolute Gasteiger partial charge is 0.354 e. The number of imidazole rings is 1. The second kappa shape index (κ2) is 8.82. The summed E-state index contributed by atoms with van der Waals surface area (Å²) in [6.45, 7) is 4.54. The van der Waals surface area contributed by atoms with Gasteiger partial charge in [-0.15, -0.1) is 24.0 Å². The van der Waals surface area contributed by atoms with Crippen molar-refractivity contribution in [3.63, 3.8) is 0 Å². The molecule has 0 spiro atoms. The highest BCUT2D eigenvalue weighted by atomic mass is 127. The van der Waals surface area contributed by atoms with Gasteiger partial charge in [0.15, 0.2) is 5.96 Å². The number of nitrogens with zero attached hydrogens (tertiary/aromatic N) is 5. The summed E-state index contributed by atoms with van der Waals surface area (Å²) in [5, 5.41) is 3.38. The van der Waals surface area contributed by atoms with Gasteiger partial charge in [-0.3, -0.25) is 4.99 Å². The van der Waals surface area contributed by atoms with Crippen LogP contribution in [0.2, 0.25) is 0 Å². The van der Waals surface area contributed by atoms with Crippen molar-refractivity contribution in [3.05, 3.63) is 42.2 Å². The van der Waals surface area contributed by atoms with E-state index < -0.39 is 0 Å². The van der Waals surface area contributed by atoms with Gasteiger partial charge >= 0.3 is 0 Å². The maximum absolute atomic E-state index is 4.34. The van der Waals surface area contributed by atoms with Crippen molar-refractivity contribution in [1.29, 1.82) is 0 Å². The van der Waals surface area contributed by atoms with Crippen LogP contribution in [-0.4, -0.2) is 45.6 Å². The molecule has 22 heavy (non-hydrogen) atoms. The minimum Gasteiger partial charge on any atom is -0.354 e. The molecule has 0 unspecified atom stereocenters. The molecule has 2 aromatic heterocycles. The Morgan fingerprint density at radius 1 is 1.41 bits per heavy atom. The van der Waals surface area contributed by atoms with Crippen LogP contribution in [0.15, 0.2) is 35.7 Å². The highest BCUT2D eigenvalue weighted by Crippen LogP contribution is 2.03. The van der Waals surface area contributed by atoms with E-state index in [1.165, 1.54) is 5.69 Å². The number of guanidine groups is 1. The minimum absolute atomic E-state index is 0. The van der Waals surface area contributed by atoms with E-state index in [0.717, 1.165) is 31.4 Å². The number of hydrogen-bond donors (Lipinski definition) is 1. The number of hydrogen-bond acceptors (Lipinski definition) is 2. The molecule has 0 radical (unpaired) electrons. The monoisotopic (exact) mass is 416 g/mol. The van der Waals surface area contributed by atoms with Gasteiger partial charge in [0.25, 0.3) is 0 Å². The highest BCUT2D eigenvalue weighted by Gasteiger charge is 2.08. The van der Waals surface area contributed by atoms with Gasteiger partial charge in [-0.05, 0) is 19.1 Å². The lowest BCUT2D eigenvalue weighted by atomic mass is 10.4. The van der Waals surface area contributed by atoms with Crippen LogP contribution in [0.5, 0.6) is 0 Å². The van der Waals surface area contributed by atoms with E-state index in [-0.39, 0.29) is 24.0 Å². The van der Waals surface area contributed by atoms with E-state index in [9.17, 15) is 0 Å². The van der Waals surface area contributed by atoms with E-state index >= 15 is 0 Å². The predicted octanol–water partition coefficient (Wildman–Crippen LogP) is 1.86. The van der Waals surface area contributed by atoms with Crippen molar-refractivity contribution in [2.75, 3.05) is 20.6 Å². The van der Waals surface area contributed by atoms with Crippen LogP contribution in [0.25, 0.3) is 0 Å². The summed E-state index contributed by atoms with van der Waals surface area (Å²) in [5.74, 6) is 1.93. The zero-order valence-electron chi connectivity index (χ0n) is 13.7. The molecule has 0 fully saturated rings. The van der Waals surface area contributed by atoms with Crippen LogP contribution in [0.3, 0.4) is 0 Å². The van der Waals surface area contributed by atoms with Gasteiger partial charge in [-0.2, -0.15) is 0 Å². The van der Waals surface area contributed by atoms with Gasteiger partial charge in [0.05, 0.1) is 6.54 Å². The lowest BCUT2D eigenvalue weighted by molar-refractivity contribution is 0.459. The third-order valence-electron chi connectivity index (χ3n) is 3.58. The van der Waals surface area contributed by atoms with E-state index in [0.29, 0.717) is 0 Å². The summed E-state index contributed by atoms with van der Waals surface area (Å²) in [7, 11) is 5.91. The van der Waals surface area contributed by atoms with Gasteiger partial charge in [-0.25, -0.2) is 4.98 Å². The normalized spacial score (nSPS) is 11.2. The molecule has 2 rings (SSSR count). The molecule has 0 aliphatic rings. The SMILES string of the molecule is CN=C(NCCn1ccnc1C)N(C)Cc1cccn1C.I. The van der Waals surface area contributed by atoms with Crippen molar-refractivity contribution in [3.8, 4) is 0 Å². The quantitative estimate of drug-likeness (QED) is 0.460. The van der Waals surface area contributed by atoms with E-state index in [4.69, 9.17) is 0 Å². The fourth-order valence-corrected chi connectivity index (χ4v) is 2.29. The number of halogens is 1. The summed E-state index contributed by atoms with van der Waals surface area (Å²) in [5.41, 5.74) is 1.26. The van der Waals surface area contributed by atoms with Gasteiger partial charge in [0.1, 0.15) is 5.82 Å². The Kier molecular flexibility index (Phi) is 7.43. The van der Waals surface area contributed by atoms with Crippen LogP contribution >= 0.6 is 24.0 Å². The van der Waals surface area contributed by atoms with Crippen molar-refractivity contribution in [2.24, 2.45) is 12.0 Å². The molecule has 0 aliphatic heterocycles.